The number of rotatable bonds is 9. The molecule has 1 saturated carbocycles. The second kappa shape index (κ2) is 7.99. The minimum atomic E-state index is -0.501. The Morgan fingerprint density at radius 2 is 2.10 bits per heavy atom. The summed E-state index contributed by atoms with van der Waals surface area (Å²) in [6.45, 7) is 3.42. The normalized spacial score (nSPS) is 16.6. The van der Waals surface area contributed by atoms with E-state index in [1.165, 1.54) is 12.8 Å². The van der Waals surface area contributed by atoms with Crippen LogP contribution in [-0.4, -0.2) is 43.4 Å². The van der Waals surface area contributed by atoms with E-state index in [-0.39, 0.29) is 0 Å². The lowest BCUT2D eigenvalue weighted by atomic mass is 10.1. The number of halogens is 1. The molecule has 0 aromatic heterocycles. The van der Waals surface area contributed by atoms with Crippen molar-refractivity contribution in [3.63, 3.8) is 0 Å². The number of nitrogens with zero attached hydrogens (tertiary/aromatic N) is 1. The fourth-order valence-electron chi connectivity index (χ4n) is 2.11. The first-order chi connectivity index (χ1) is 9.66. The van der Waals surface area contributed by atoms with Gasteiger partial charge in [-0.05, 0) is 43.9 Å². The summed E-state index contributed by atoms with van der Waals surface area (Å²) in [7, 11) is 2.06. The second-order valence-corrected chi connectivity index (χ2v) is 6.05. The zero-order valence-electron chi connectivity index (χ0n) is 12.1. The standard InChI is InChI=1S/C16H24ClNO2/c1-18(10-11-20-12-13-6-7-13)9-8-16(19)14-4-2-3-5-15(14)17/h2-5,13,16,19H,6-12H2,1H3. The van der Waals surface area contributed by atoms with E-state index in [1.54, 1.807) is 0 Å². The molecule has 1 aromatic rings. The van der Waals surface area contributed by atoms with E-state index in [2.05, 4.69) is 11.9 Å². The highest BCUT2D eigenvalue weighted by atomic mass is 35.5. The van der Waals surface area contributed by atoms with Crippen LogP contribution in [0.1, 0.15) is 30.9 Å². The maximum absolute atomic E-state index is 10.2. The van der Waals surface area contributed by atoms with Gasteiger partial charge in [0.15, 0.2) is 0 Å². The summed E-state index contributed by atoms with van der Waals surface area (Å²) in [5.41, 5.74) is 0.813. The van der Waals surface area contributed by atoms with Crippen LogP contribution in [0.2, 0.25) is 5.02 Å². The van der Waals surface area contributed by atoms with Crippen LogP contribution in [0.25, 0.3) is 0 Å². The average molecular weight is 298 g/mol. The van der Waals surface area contributed by atoms with E-state index in [0.29, 0.717) is 11.4 Å². The summed E-state index contributed by atoms with van der Waals surface area (Å²) in [6, 6.07) is 7.48. The third kappa shape index (κ3) is 5.41. The van der Waals surface area contributed by atoms with Crippen molar-refractivity contribution in [1.82, 2.24) is 4.90 Å². The lowest BCUT2D eigenvalue weighted by molar-refractivity contribution is 0.0948. The van der Waals surface area contributed by atoms with Crippen LogP contribution in [-0.2, 0) is 4.74 Å². The van der Waals surface area contributed by atoms with Crippen LogP contribution in [0, 0.1) is 5.92 Å². The van der Waals surface area contributed by atoms with E-state index in [4.69, 9.17) is 16.3 Å². The molecule has 0 spiro atoms. The number of benzene rings is 1. The summed E-state index contributed by atoms with van der Waals surface area (Å²) in [5.74, 6) is 0.822. The van der Waals surface area contributed by atoms with Crippen LogP contribution in [0.15, 0.2) is 24.3 Å². The molecule has 0 aliphatic heterocycles. The number of aliphatic hydroxyl groups excluding tert-OH is 1. The Bertz CT molecular complexity index is 409. The molecule has 1 fully saturated rings. The van der Waals surface area contributed by atoms with Gasteiger partial charge in [-0.25, -0.2) is 0 Å². The number of likely N-dealkylation sites (N-methyl/N-ethyl adjacent to an activating group) is 1. The molecular formula is C16H24ClNO2. The van der Waals surface area contributed by atoms with Gasteiger partial charge in [-0.2, -0.15) is 0 Å². The predicted octanol–water partition coefficient (Wildman–Crippen LogP) is 3.12. The van der Waals surface area contributed by atoms with Crippen molar-refractivity contribution in [2.75, 3.05) is 33.4 Å². The largest absolute Gasteiger partial charge is 0.388 e. The maximum Gasteiger partial charge on any atom is 0.0816 e. The molecule has 0 amide bonds. The van der Waals surface area contributed by atoms with Crippen LogP contribution < -0.4 is 0 Å². The summed E-state index contributed by atoms with van der Waals surface area (Å²) >= 11 is 6.08. The smallest absolute Gasteiger partial charge is 0.0816 e. The highest BCUT2D eigenvalue weighted by molar-refractivity contribution is 6.31. The molecule has 1 aliphatic rings. The van der Waals surface area contributed by atoms with Gasteiger partial charge in [0.1, 0.15) is 0 Å². The van der Waals surface area contributed by atoms with Crippen LogP contribution in [0.4, 0.5) is 0 Å². The molecule has 1 aliphatic carbocycles. The maximum atomic E-state index is 10.2. The first kappa shape index (κ1) is 15.8. The Labute approximate surface area is 126 Å². The van der Waals surface area contributed by atoms with Gasteiger partial charge in [-0.15, -0.1) is 0 Å². The van der Waals surface area contributed by atoms with Gasteiger partial charge in [-0.1, -0.05) is 29.8 Å². The molecule has 1 unspecified atom stereocenters. The summed E-state index contributed by atoms with van der Waals surface area (Å²) in [4.78, 5) is 2.19. The average Bonchev–Trinajstić information content (AvgIpc) is 3.25. The summed E-state index contributed by atoms with van der Waals surface area (Å²) in [6.07, 6.45) is 2.85. The molecule has 20 heavy (non-hydrogen) atoms. The molecule has 0 saturated heterocycles. The topological polar surface area (TPSA) is 32.7 Å². The van der Waals surface area contributed by atoms with Crippen molar-refractivity contribution in [3.05, 3.63) is 34.9 Å². The molecule has 1 aromatic carbocycles. The molecule has 0 heterocycles. The molecule has 1 atom stereocenters. The Hall–Kier alpha value is -0.610. The van der Waals surface area contributed by atoms with Crippen molar-refractivity contribution in [2.45, 2.75) is 25.4 Å². The number of ether oxygens (including phenoxy) is 1. The Kier molecular flexibility index (Phi) is 6.30. The molecule has 1 N–H and O–H groups in total. The Morgan fingerprint density at radius 1 is 1.35 bits per heavy atom. The molecular weight excluding hydrogens is 274 g/mol. The third-order valence-electron chi connectivity index (χ3n) is 3.72. The summed E-state index contributed by atoms with van der Waals surface area (Å²) in [5, 5.41) is 10.8. The quantitative estimate of drug-likeness (QED) is 0.711. The fourth-order valence-corrected chi connectivity index (χ4v) is 2.37. The zero-order valence-corrected chi connectivity index (χ0v) is 12.9. The van der Waals surface area contributed by atoms with Crippen molar-refractivity contribution < 1.29 is 9.84 Å². The SMILES string of the molecule is CN(CCOCC1CC1)CCC(O)c1ccccc1Cl. The lowest BCUT2D eigenvalue weighted by Crippen LogP contribution is -2.25. The van der Waals surface area contributed by atoms with Gasteiger partial charge in [0.05, 0.1) is 12.7 Å². The van der Waals surface area contributed by atoms with Crippen molar-refractivity contribution >= 4 is 11.6 Å². The molecule has 0 bridgehead atoms. The molecule has 3 nitrogen and oxygen atoms in total. The highest BCUT2D eigenvalue weighted by Crippen LogP contribution is 2.28. The Balaban J connectivity index is 1.61. The summed E-state index contributed by atoms with van der Waals surface area (Å²) < 4.78 is 5.61. The number of hydrogen-bond donors (Lipinski definition) is 1. The third-order valence-corrected chi connectivity index (χ3v) is 4.06. The van der Waals surface area contributed by atoms with E-state index in [0.717, 1.165) is 37.8 Å². The van der Waals surface area contributed by atoms with Crippen LogP contribution >= 0.6 is 11.6 Å². The molecule has 4 heteroatoms. The van der Waals surface area contributed by atoms with Crippen molar-refractivity contribution in [2.24, 2.45) is 5.92 Å². The van der Waals surface area contributed by atoms with Gasteiger partial charge >= 0.3 is 0 Å². The van der Waals surface area contributed by atoms with E-state index < -0.39 is 6.10 Å². The van der Waals surface area contributed by atoms with E-state index in [9.17, 15) is 5.11 Å². The predicted molar refractivity (Wildman–Crippen MR) is 82.1 cm³/mol. The molecule has 112 valence electrons. The van der Waals surface area contributed by atoms with Gasteiger partial charge < -0.3 is 14.7 Å². The minimum Gasteiger partial charge on any atom is -0.388 e. The van der Waals surface area contributed by atoms with Gasteiger partial charge in [0, 0.05) is 24.7 Å². The zero-order chi connectivity index (χ0) is 14.4. The van der Waals surface area contributed by atoms with Crippen LogP contribution in [0.5, 0.6) is 0 Å². The first-order valence-corrected chi connectivity index (χ1v) is 7.73. The Morgan fingerprint density at radius 3 is 2.80 bits per heavy atom. The van der Waals surface area contributed by atoms with E-state index in [1.807, 2.05) is 24.3 Å². The minimum absolute atomic E-state index is 0.501. The van der Waals surface area contributed by atoms with Crippen LogP contribution in [0.3, 0.4) is 0 Å². The van der Waals surface area contributed by atoms with Gasteiger partial charge in [-0.3, -0.25) is 0 Å². The lowest BCUT2D eigenvalue weighted by Gasteiger charge is -2.19. The first-order valence-electron chi connectivity index (χ1n) is 7.35. The van der Waals surface area contributed by atoms with Crippen molar-refractivity contribution in [1.29, 1.82) is 0 Å². The highest BCUT2D eigenvalue weighted by Gasteiger charge is 2.21. The second-order valence-electron chi connectivity index (χ2n) is 5.65. The van der Waals surface area contributed by atoms with Gasteiger partial charge in [0.2, 0.25) is 0 Å². The fraction of sp³-hybridized carbons (Fsp3) is 0.625. The monoisotopic (exact) mass is 297 g/mol. The molecule has 0 radical (unpaired) electrons. The van der Waals surface area contributed by atoms with E-state index >= 15 is 0 Å². The number of aliphatic hydroxyl groups is 1. The number of hydrogen-bond acceptors (Lipinski definition) is 3. The van der Waals surface area contributed by atoms with Crippen molar-refractivity contribution in [3.8, 4) is 0 Å². The van der Waals surface area contributed by atoms with Gasteiger partial charge in [0.25, 0.3) is 0 Å². The molecule has 2 rings (SSSR count).